The van der Waals surface area contributed by atoms with Gasteiger partial charge in [0.15, 0.2) is 0 Å². The van der Waals surface area contributed by atoms with Crippen molar-refractivity contribution in [3.8, 4) is 5.75 Å². The zero-order valence-electron chi connectivity index (χ0n) is 8.37. The molecule has 0 radical (unpaired) electrons. The summed E-state index contributed by atoms with van der Waals surface area (Å²) in [6, 6.07) is 8.13. The molecule has 0 atom stereocenters. The Hall–Kier alpha value is -0.760. The Balaban J connectivity index is 2.54. The van der Waals surface area contributed by atoms with Crippen LogP contribution in [0.2, 0.25) is 0 Å². The van der Waals surface area contributed by atoms with Gasteiger partial charge in [0.1, 0.15) is 5.75 Å². The fourth-order valence-electron chi connectivity index (χ4n) is 1.12. The normalized spacial score (nSPS) is 10.7. The second-order valence-corrected chi connectivity index (χ2v) is 3.68. The fraction of sp³-hybridized carbons (Fsp3) is 0.333. The Morgan fingerprint density at radius 3 is 2.57 bits per heavy atom. The molecule has 0 bridgehead atoms. The highest BCUT2D eigenvalue weighted by molar-refractivity contribution is 9.09. The maximum absolute atomic E-state index is 5.35. The molecule has 0 aromatic heterocycles. The highest BCUT2D eigenvalue weighted by Crippen LogP contribution is 2.13. The van der Waals surface area contributed by atoms with Gasteiger partial charge in [-0.2, -0.15) is 0 Å². The summed E-state index contributed by atoms with van der Waals surface area (Å²) >= 11 is 3.38. The van der Waals surface area contributed by atoms with Gasteiger partial charge in [0.2, 0.25) is 0 Å². The summed E-state index contributed by atoms with van der Waals surface area (Å²) in [4.78, 5) is 0. The molecular formula is C12H15BrO. The number of allylic oxidation sites excluding steroid dienone is 1. The zero-order chi connectivity index (χ0) is 10.2. The molecule has 1 nitrogen and oxygen atoms in total. The lowest BCUT2D eigenvalue weighted by molar-refractivity contribution is 0.340. The van der Waals surface area contributed by atoms with Crippen LogP contribution in [0.1, 0.15) is 18.9 Å². The first-order valence-electron chi connectivity index (χ1n) is 4.82. The van der Waals surface area contributed by atoms with E-state index in [0.29, 0.717) is 0 Å². The van der Waals surface area contributed by atoms with Crippen molar-refractivity contribution in [2.24, 2.45) is 0 Å². The summed E-state index contributed by atoms with van der Waals surface area (Å²) in [5.41, 5.74) is 1.22. The molecule has 2 heteroatoms. The highest BCUT2D eigenvalue weighted by atomic mass is 79.9. The molecule has 0 heterocycles. The van der Waals surface area contributed by atoms with Gasteiger partial charge in [0.05, 0.1) is 6.61 Å². The topological polar surface area (TPSA) is 9.23 Å². The summed E-state index contributed by atoms with van der Waals surface area (Å²) < 4.78 is 5.35. The Bertz CT molecular complexity index is 277. The van der Waals surface area contributed by atoms with Crippen LogP contribution in [0.3, 0.4) is 0 Å². The SMILES string of the molecule is CCOc1ccc(C=CCCBr)cc1. The van der Waals surface area contributed by atoms with E-state index in [-0.39, 0.29) is 0 Å². The fourth-order valence-corrected chi connectivity index (χ4v) is 1.39. The van der Waals surface area contributed by atoms with Gasteiger partial charge >= 0.3 is 0 Å². The summed E-state index contributed by atoms with van der Waals surface area (Å²) in [5, 5.41) is 1.01. The molecule has 0 aliphatic carbocycles. The molecule has 14 heavy (non-hydrogen) atoms. The van der Waals surface area contributed by atoms with Crippen molar-refractivity contribution in [1.82, 2.24) is 0 Å². The second-order valence-electron chi connectivity index (χ2n) is 2.88. The van der Waals surface area contributed by atoms with Gasteiger partial charge in [-0.3, -0.25) is 0 Å². The summed E-state index contributed by atoms with van der Waals surface area (Å²) in [6.07, 6.45) is 5.34. The van der Waals surface area contributed by atoms with E-state index in [1.54, 1.807) is 0 Å². The maximum atomic E-state index is 5.35. The summed E-state index contributed by atoms with van der Waals surface area (Å²) in [5.74, 6) is 0.935. The third-order valence-electron chi connectivity index (χ3n) is 1.78. The van der Waals surface area contributed by atoms with Crippen molar-refractivity contribution in [2.45, 2.75) is 13.3 Å². The van der Waals surface area contributed by atoms with Crippen LogP contribution >= 0.6 is 15.9 Å². The standard InChI is InChI=1S/C12H15BrO/c1-2-14-12-8-6-11(7-9-12)5-3-4-10-13/h3,5-9H,2,4,10H2,1H3. The minimum Gasteiger partial charge on any atom is -0.494 e. The van der Waals surface area contributed by atoms with Gasteiger partial charge in [-0.1, -0.05) is 40.2 Å². The summed E-state index contributed by atoms with van der Waals surface area (Å²) in [7, 11) is 0. The van der Waals surface area contributed by atoms with Gasteiger partial charge in [0.25, 0.3) is 0 Å². The van der Waals surface area contributed by atoms with Crippen molar-refractivity contribution in [3.05, 3.63) is 35.9 Å². The molecule has 0 fully saturated rings. The number of hydrogen-bond acceptors (Lipinski definition) is 1. The van der Waals surface area contributed by atoms with E-state index in [2.05, 4.69) is 40.2 Å². The largest absolute Gasteiger partial charge is 0.494 e. The van der Waals surface area contributed by atoms with Gasteiger partial charge in [0, 0.05) is 5.33 Å². The second kappa shape index (κ2) is 6.66. The number of benzene rings is 1. The van der Waals surface area contributed by atoms with E-state index in [1.165, 1.54) is 5.56 Å². The minimum atomic E-state index is 0.721. The summed E-state index contributed by atoms with van der Waals surface area (Å²) in [6.45, 7) is 2.71. The average molecular weight is 255 g/mol. The molecular weight excluding hydrogens is 240 g/mol. The molecule has 0 unspecified atom stereocenters. The van der Waals surface area contributed by atoms with Crippen LogP contribution in [-0.2, 0) is 0 Å². The molecule has 0 spiro atoms. The van der Waals surface area contributed by atoms with E-state index < -0.39 is 0 Å². The average Bonchev–Trinajstić information content (AvgIpc) is 2.21. The number of halogens is 1. The third kappa shape index (κ3) is 3.97. The first-order chi connectivity index (χ1) is 6.86. The number of hydrogen-bond donors (Lipinski definition) is 0. The van der Waals surface area contributed by atoms with Crippen LogP contribution in [0.15, 0.2) is 30.3 Å². The lowest BCUT2D eigenvalue weighted by atomic mass is 10.2. The van der Waals surface area contributed by atoms with Crippen LogP contribution < -0.4 is 4.74 Å². The van der Waals surface area contributed by atoms with Crippen molar-refractivity contribution in [3.63, 3.8) is 0 Å². The van der Waals surface area contributed by atoms with Crippen molar-refractivity contribution >= 4 is 22.0 Å². The van der Waals surface area contributed by atoms with Gasteiger partial charge in [-0.05, 0) is 31.0 Å². The van der Waals surface area contributed by atoms with E-state index in [1.807, 2.05) is 19.1 Å². The van der Waals surface area contributed by atoms with E-state index >= 15 is 0 Å². The van der Waals surface area contributed by atoms with Crippen molar-refractivity contribution < 1.29 is 4.74 Å². The number of rotatable bonds is 5. The molecule has 76 valence electrons. The van der Waals surface area contributed by atoms with E-state index in [0.717, 1.165) is 24.1 Å². The van der Waals surface area contributed by atoms with Gasteiger partial charge < -0.3 is 4.74 Å². The van der Waals surface area contributed by atoms with Crippen LogP contribution in [-0.4, -0.2) is 11.9 Å². The van der Waals surface area contributed by atoms with E-state index in [4.69, 9.17) is 4.74 Å². The van der Waals surface area contributed by atoms with Crippen LogP contribution in [0.25, 0.3) is 6.08 Å². The molecule has 1 rings (SSSR count). The molecule has 0 aliphatic rings. The predicted octanol–water partition coefficient (Wildman–Crippen LogP) is 3.88. The van der Waals surface area contributed by atoms with Crippen molar-refractivity contribution in [1.29, 1.82) is 0 Å². The molecule has 0 saturated carbocycles. The molecule has 1 aromatic rings. The molecule has 0 N–H and O–H groups in total. The lowest BCUT2D eigenvalue weighted by Gasteiger charge is -2.01. The molecule has 0 saturated heterocycles. The smallest absolute Gasteiger partial charge is 0.119 e. The Morgan fingerprint density at radius 2 is 2.00 bits per heavy atom. The van der Waals surface area contributed by atoms with Gasteiger partial charge in [-0.15, -0.1) is 0 Å². The molecule has 0 aliphatic heterocycles. The first-order valence-corrected chi connectivity index (χ1v) is 5.94. The maximum Gasteiger partial charge on any atom is 0.119 e. The Morgan fingerprint density at radius 1 is 1.29 bits per heavy atom. The highest BCUT2D eigenvalue weighted by Gasteiger charge is 1.90. The molecule has 1 aromatic carbocycles. The lowest BCUT2D eigenvalue weighted by Crippen LogP contribution is -1.90. The predicted molar refractivity (Wildman–Crippen MR) is 65.1 cm³/mol. The number of ether oxygens (including phenoxy) is 1. The molecule has 0 amide bonds. The zero-order valence-corrected chi connectivity index (χ0v) is 9.96. The number of alkyl halides is 1. The minimum absolute atomic E-state index is 0.721. The van der Waals surface area contributed by atoms with Crippen LogP contribution in [0, 0.1) is 0 Å². The van der Waals surface area contributed by atoms with Crippen LogP contribution in [0.5, 0.6) is 5.75 Å². The monoisotopic (exact) mass is 254 g/mol. The third-order valence-corrected chi connectivity index (χ3v) is 2.24. The first kappa shape index (κ1) is 11.3. The quantitative estimate of drug-likeness (QED) is 0.725. The van der Waals surface area contributed by atoms with Crippen LogP contribution in [0.4, 0.5) is 0 Å². The Labute approximate surface area is 93.9 Å². The Kier molecular flexibility index (Phi) is 5.38. The van der Waals surface area contributed by atoms with Gasteiger partial charge in [-0.25, -0.2) is 0 Å². The van der Waals surface area contributed by atoms with E-state index in [9.17, 15) is 0 Å². The van der Waals surface area contributed by atoms with Crippen molar-refractivity contribution in [2.75, 3.05) is 11.9 Å².